The van der Waals surface area contributed by atoms with Gasteiger partial charge in [0.15, 0.2) is 0 Å². The van der Waals surface area contributed by atoms with E-state index in [-0.39, 0.29) is 29.8 Å². The second-order valence-electron chi connectivity index (χ2n) is 10.1. The topological polar surface area (TPSA) is 128 Å². The van der Waals surface area contributed by atoms with Gasteiger partial charge in [0.05, 0.1) is 17.5 Å². The van der Waals surface area contributed by atoms with E-state index in [9.17, 15) is 9.59 Å². The maximum Gasteiger partial charge on any atom is 0.248 e. The minimum atomic E-state index is -0.571. The number of carbonyl (C=O) groups excluding carboxylic acids is 2. The summed E-state index contributed by atoms with van der Waals surface area (Å²) in [7, 11) is 1.64. The van der Waals surface area contributed by atoms with Gasteiger partial charge in [-0.25, -0.2) is 15.0 Å². The van der Waals surface area contributed by atoms with Gasteiger partial charge in [-0.15, -0.1) is 0 Å². The highest BCUT2D eigenvalue weighted by Gasteiger charge is 2.64. The summed E-state index contributed by atoms with van der Waals surface area (Å²) in [4.78, 5) is 41.9. The van der Waals surface area contributed by atoms with Gasteiger partial charge in [0.1, 0.15) is 40.8 Å². The normalized spacial score (nSPS) is 22.4. The molecule has 4 aromatic rings. The van der Waals surface area contributed by atoms with E-state index in [1.165, 1.54) is 6.33 Å². The number of nitrogens with two attached hydrogens (primary N) is 1. The lowest BCUT2D eigenvalue weighted by atomic mass is 10.0. The number of nitrogen functional groups attached to an aromatic ring is 1. The Balaban J connectivity index is 1.34. The van der Waals surface area contributed by atoms with Gasteiger partial charge in [0, 0.05) is 18.5 Å². The van der Waals surface area contributed by atoms with Gasteiger partial charge < -0.3 is 25.3 Å². The fourth-order valence-corrected chi connectivity index (χ4v) is 6.01. The number of pyridine rings is 1. The van der Waals surface area contributed by atoms with Crippen LogP contribution < -0.4 is 11.1 Å². The predicted molar refractivity (Wildman–Crippen MR) is 142 cm³/mol. The summed E-state index contributed by atoms with van der Waals surface area (Å²) in [5.74, 6) is 0.431. The maximum absolute atomic E-state index is 13.9. The van der Waals surface area contributed by atoms with Gasteiger partial charge in [-0.1, -0.05) is 19.1 Å². The smallest absolute Gasteiger partial charge is 0.248 e. The molecule has 0 unspecified atom stereocenters. The van der Waals surface area contributed by atoms with Crippen LogP contribution in [-0.2, 0) is 27.5 Å². The van der Waals surface area contributed by atoms with Crippen LogP contribution in [0.15, 0.2) is 47.3 Å². The first kappa shape index (κ1) is 23.8. The van der Waals surface area contributed by atoms with Gasteiger partial charge in [0.2, 0.25) is 11.8 Å². The van der Waals surface area contributed by atoms with E-state index in [1.54, 1.807) is 30.2 Å². The Morgan fingerprint density at radius 1 is 1.24 bits per heavy atom. The number of hydrogen-bond donors (Lipinski definition) is 2. The molecule has 10 nitrogen and oxygen atoms in total. The Morgan fingerprint density at radius 3 is 2.86 bits per heavy atom. The van der Waals surface area contributed by atoms with Crippen LogP contribution in [0.1, 0.15) is 25.3 Å². The molecule has 3 atom stereocenters. The molecule has 0 spiro atoms. The van der Waals surface area contributed by atoms with E-state index in [2.05, 4.69) is 43.1 Å². The SMILES string of the molecule is COCc1ccc2c(c1)c1c(N)ncnc1n2CC(=O)N1[C@H](C(=O)Nc2cccc(Br)n2)C[C@@]2(C)C[C@@H]12. The lowest BCUT2D eigenvalue weighted by molar-refractivity contribution is -0.138. The summed E-state index contributed by atoms with van der Waals surface area (Å²) < 4.78 is 7.78. The summed E-state index contributed by atoms with van der Waals surface area (Å²) in [5.41, 5.74) is 8.59. The number of nitrogens with one attached hydrogen (secondary N) is 1. The van der Waals surface area contributed by atoms with Crippen molar-refractivity contribution < 1.29 is 14.3 Å². The minimum absolute atomic E-state index is 0.0333. The third kappa shape index (κ3) is 4.02. The lowest BCUT2D eigenvalue weighted by Crippen LogP contribution is -2.46. The number of nitrogens with zero attached hydrogens (tertiary/aromatic N) is 5. The Kier molecular flexibility index (Phi) is 5.64. The molecule has 2 fully saturated rings. The minimum Gasteiger partial charge on any atom is -0.383 e. The first-order chi connectivity index (χ1) is 17.8. The number of likely N-dealkylation sites (tertiary alicyclic amines) is 1. The van der Waals surface area contributed by atoms with Crippen LogP contribution >= 0.6 is 15.9 Å². The Morgan fingerprint density at radius 2 is 2.08 bits per heavy atom. The highest BCUT2D eigenvalue weighted by atomic mass is 79.9. The summed E-state index contributed by atoms with van der Waals surface area (Å²) in [5, 5.41) is 4.45. The molecule has 6 rings (SSSR count). The van der Waals surface area contributed by atoms with Crippen molar-refractivity contribution in [2.24, 2.45) is 5.41 Å². The molecule has 2 amide bonds. The van der Waals surface area contributed by atoms with Gasteiger partial charge >= 0.3 is 0 Å². The van der Waals surface area contributed by atoms with Gasteiger partial charge in [-0.3, -0.25) is 9.59 Å². The second kappa shape index (κ2) is 8.77. The quantitative estimate of drug-likeness (QED) is 0.343. The molecule has 3 N–H and O–H groups in total. The van der Waals surface area contributed by atoms with Crippen LogP contribution in [0.5, 0.6) is 0 Å². The van der Waals surface area contributed by atoms with Crippen molar-refractivity contribution in [3.05, 3.63) is 52.9 Å². The second-order valence-corrected chi connectivity index (χ2v) is 10.9. The number of aromatic nitrogens is 4. The number of hydrogen-bond acceptors (Lipinski definition) is 7. The van der Waals surface area contributed by atoms with E-state index < -0.39 is 6.04 Å². The van der Waals surface area contributed by atoms with Crippen LogP contribution in [0.3, 0.4) is 0 Å². The standard InChI is InChI=1S/C26H26BrN7O3/c1-26-9-17(25(36)32-20-5-3-4-19(27)31-20)34(18(26)10-26)21(35)11-33-16-7-6-14(12-37-2)8-15(16)22-23(28)29-13-30-24(22)33/h3-8,13,17-18H,9-12H2,1-2H3,(H2,28,29,30)(H,31,32,36)/t17-,18+,26-/m0/s1. The van der Waals surface area contributed by atoms with Crippen LogP contribution in [0.25, 0.3) is 21.9 Å². The Hall–Kier alpha value is -3.57. The molecule has 2 aliphatic rings. The summed E-state index contributed by atoms with van der Waals surface area (Å²) in [6.07, 6.45) is 2.91. The molecule has 1 aromatic carbocycles. The number of piperidine rings is 1. The number of carbonyl (C=O) groups is 2. The van der Waals surface area contributed by atoms with Crippen molar-refractivity contribution in [3.8, 4) is 0 Å². The number of benzene rings is 1. The number of amides is 2. The molecule has 1 saturated carbocycles. The molecule has 0 radical (unpaired) electrons. The van der Waals surface area contributed by atoms with E-state index in [0.29, 0.717) is 40.3 Å². The maximum atomic E-state index is 13.9. The van der Waals surface area contributed by atoms with Crippen LogP contribution in [0.2, 0.25) is 0 Å². The molecule has 1 saturated heterocycles. The van der Waals surface area contributed by atoms with Crippen molar-refractivity contribution in [2.75, 3.05) is 18.2 Å². The fourth-order valence-electron chi connectivity index (χ4n) is 5.67. The lowest BCUT2D eigenvalue weighted by Gasteiger charge is -2.27. The van der Waals surface area contributed by atoms with E-state index >= 15 is 0 Å². The largest absolute Gasteiger partial charge is 0.383 e. The molecule has 0 bridgehead atoms. The molecule has 11 heteroatoms. The average Bonchev–Trinajstić information content (AvgIpc) is 3.27. The van der Waals surface area contributed by atoms with E-state index in [0.717, 1.165) is 22.9 Å². The number of ether oxygens (including phenoxy) is 1. The van der Waals surface area contributed by atoms with Gasteiger partial charge in [-0.2, -0.15) is 0 Å². The van der Waals surface area contributed by atoms with Crippen molar-refractivity contribution in [1.29, 1.82) is 0 Å². The van der Waals surface area contributed by atoms with Crippen LogP contribution in [-0.4, -0.2) is 55.4 Å². The molecule has 3 aromatic heterocycles. The summed E-state index contributed by atoms with van der Waals surface area (Å²) in [6, 6.07) is 10.7. The van der Waals surface area contributed by atoms with Crippen molar-refractivity contribution in [3.63, 3.8) is 0 Å². The number of halogens is 1. The van der Waals surface area contributed by atoms with E-state index in [4.69, 9.17) is 10.5 Å². The first-order valence-electron chi connectivity index (χ1n) is 12.0. The molecular weight excluding hydrogens is 538 g/mol. The molecule has 4 heterocycles. The zero-order valence-corrected chi connectivity index (χ0v) is 22.0. The molecule has 1 aliphatic carbocycles. The number of anilines is 2. The highest BCUT2D eigenvalue weighted by Crippen LogP contribution is 2.59. The number of methoxy groups -OCH3 is 1. The number of rotatable bonds is 6. The van der Waals surface area contributed by atoms with Crippen LogP contribution in [0.4, 0.5) is 11.6 Å². The highest BCUT2D eigenvalue weighted by molar-refractivity contribution is 9.10. The van der Waals surface area contributed by atoms with Gasteiger partial charge in [0.25, 0.3) is 0 Å². The Labute approximate surface area is 221 Å². The fraction of sp³-hybridized carbons (Fsp3) is 0.346. The first-order valence-corrected chi connectivity index (χ1v) is 12.8. The molecule has 190 valence electrons. The number of fused-ring (bicyclic) bond motifs is 4. The van der Waals surface area contributed by atoms with Crippen molar-refractivity contribution in [1.82, 2.24) is 24.4 Å². The summed E-state index contributed by atoms with van der Waals surface area (Å²) in [6.45, 7) is 2.62. The Bertz CT molecular complexity index is 1570. The monoisotopic (exact) mass is 563 g/mol. The van der Waals surface area contributed by atoms with Crippen molar-refractivity contribution >= 4 is 61.3 Å². The predicted octanol–water partition coefficient (Wildman–Crippen LogP) is 3.49. The molecule has 37 heavy (non-hydrogen) atoms. The molecular formula is C26H26BrN7O3. The third-order valence-corrected chi connectivity index (χ3v) is 7.97. The van der Waals surface area contributed by atoms with E-state index in [1.807, 2.05) is 22.8 Å². The van der Waals surface area contributed by atoms with Crippen molar-refractivity contribution in [2.45, 2.75) is 45.0 Å². The zero-order chi connectivity index (χ0) is 25.9. The van der Waals surface area contributed by atoms with Crippen LogP contribution in [0, 0.1) is 5.41 Å². The zero-order valence-electron chi connectivity index (χ0n) is 20.4. The average molecular weight is 564 g/mol. The molecule has 1 aliphatic heterocycles. The summed E-state index contributed by atoms with van der Waals surface area (Å²) >= 11 is 3.33. The van der Waals surface area contributed by atoms with Gasteiger partial charge in [-0.05, 0) is 64.0 Å². The third-order valence-electron chi connectivity index (χ3n) is 7.53.